The second kappa shape index (κ2) is 8.36. The van der Waals surface area contributed by atoms with Gasteiger partial charge in [0, 0.05) is 11.1 Å². The van der Waals surface area contributed by atoms with Crippen LogP contribution in [0.2, 0.25) is 5.02 Å². The van der Waals surface area contributed by atoms with Gasteiger partial charge < -0.3 is 0 Å². The highest BCUT2D eigenvalue weighted by Crippen LogP contribution is 2.31. The second-order valence-electron chi connectivity index (χ2n) is 6.63. The van der Waals surface area contributed by atoms with Gasteiger partial charge in [-0.05, 0) is 48.5 Å². The van der Waals surface area contributed by atoms with E-state index in [1.807, 2.05) is 0 Å². The van der Waals surface area contributed by atoms with Gasteiger partial charge in [0.25, 0.3) is 0 Å². The lowest BCUT2D eigenvalue weighted by molar-refractivity contribution is -0.137. The average Bonchev–Trinajstić information content (AvgIpc) is 3.13. The molecular formula is C23H12ClF4N3O. The van der Waals surface area contributed by atoms with Crippen LogP contribution >= 0.6 is 11.6 Å². The Morgan fingerprint density at radius 2 is 1.66 bits per heavy atom. The van der Waals surface area contributed by atoms with Crippen LogP contribution in [-0.4, -0.2) is 14.8 Å². The van der Waals surface area contributed by atoms with Crippen LogP contribution in [0.3, 0.4) is 0 Å². The Balaban J connectivity index is 1.64. The van der Waals surface area contributed by atoms with Crippen molar-refractivity contribution in [1.29, 1.82) is 0 Å². The summed E-state index contributed by atoms with van der Waals surface area (Å²) in [4.78, 5) is 14.8. The molecule has 32 heavy (non-hydrogen) atoms. The van der Waals surface area contributed by atoms with E-state index in [9.17, 15) is 22.4 Å². The molecule has 1 aromatic heterocycles. The lowest BCUT2D eigenvalue weighted by Crippen LogP contribution is -2.15. The average molecular weight is 458 g/mol. The quantitative estimate of drug-likeness (QED) is 0.322. The van der Waals surface area contributed by atoms with Crippen LogP contribution in [0.1, 0.15) is 16.7 Å². The smallest absolute Gasteiger partial charge is 0.288 e. The summed E-state index contributed by atoms with van der Waals surface area (Å²) in [6, 6.07) is 15.3. The molecule has 160 valence electrons. The summed E-state index contributed by atoms with van der Waals surface area (Å²) >= 11 is 6.02. The maximum atomic E-state index is 14.1. The highest BCUT2D eigenvalue weighted by Gasteiger charge is 2.32. The molecule has 4 nitrogen and oxygen atoms in total. The zero-order chi connectivity index (χ0) is 22.9. The molecule has 1 heterocycles. The van der Waals surface area contributed by atoms with Crippen molar-refractivity contribution in [2.75, 3.05) is 0 Å². The van der Waals surface area contributed by atoms with Crippen LogP contribution < -0.4 is 5.69 Å². The molecule has 3 aromatic carbocycles. The Morgan fingerprint density at radius 3 is 2.34 bits per heavy atom. The molecule has 0 aliphatic carbocycles. The van der Waals surface area contributed by atoms with Gasteiger partial charge in [-0.2, -0.15) is 17.9 Å². The van der Waals surface area contributed by atoms with Crippen LogP contribution in [0.4, 0.5) is 17.6 Å². The number of hydrogen-bond donors (Lipinski definition) is 1. The number of aromatic nitrogens is 3. The van der Waals surface area contributed by atoms with E-state index in [0.29, 0.717) is 11.3 Å². The third kappa shape index (κ3) is 4.29. The van der Waals surface area contributed by atoms with Gasteiger partial charge in [-0.1, -0.05) is 41.6 Å². The normalized spacial score (nSPS) is 11.2. The first kappa shape index (κ1) is 21.4. The van der Waals surface area contributed by atoms with Crippen molar-refractivity contribution in [2.24, 2.45) is 0 Å². The predicted octanol–water partition coefficient (Wildman–Crippen LogP) is 5.44. The Morgan fingerprint density at radius 1 is 0.938 bits per heavy atom. The van der Waals surface area contributed by atoms with Crippen LogP contribution in [0.15, 0.2) is 71.5 Å². The van der Waals surface area contributed by atoms with Crippen molar-refractivity contribution in [3.8, 4) is 28.9 Å². The molecule has 1 N–H and O–H groups in total. The molecule has 4 aromatic rings. The van der Waals surface area contributed by atoms with E-state index in [-0.39, 0.29) is 22.0 Å². The Bertz CT molecular complexity index is 1390. The third-order valence-electron chi connectivity index (χ3n) is 4.50. The highest BCUT2D eigenvalue weighted by atomic mass is 35.5. The van der Waals surface area contributed by atoms with E-state index in [0.717, 1.165) is 10.7 Å². The summed E-state index contributed by atoms with van der Waals surface area (Å²) in [5.41, 5.74) is -0.809. The Labute approximate surface area is 184 Å². The van der Waals surface area contributed by atoms with E-state index >= 15 is 0 Å². The molecule has 0 radical (unpaired) electrons. The first-order valence-electron chi connectivity index (χ1n) is 9.16. The van der Waals surface area contributed by atoms with E-state index in [4.69, 9.17) is 11.6 Å². The van der Waals surface area contributed by atoms with Gasteiger partial charge in [0.15, 0.2) is 5.82 Å². The van der Waals surface area contributed by atoms with Gasteiger partial charge in [0.1, 0.15) is 5.82 Å². The second-order valence-corrected chi connectivity index (χ2v) is 7.03. The SMILES string of the molecule is O=c1[nH]c(-c2c(F)cccc2Cl)nn1-c1ccc(C#Cc2ccccc2C(F)(F)F)cc1. The van der Waals surface area contributed by atoms with Crippen molar-refractivity contribution in [1.82, 2.24) is 14.8 Å². The van der Waals surface area contributed by atoms with Gasteiger partial charge in [-0.3, -0.25) is 4.98 Å². The molecule has 0 aliphatic heterocycles. The molecule has 0 saturated heterocycles. The number of alkyl halides is 3. The largest absolute Gasteiger partial charge is 0.417 e. The fourth-order valence-electron chi connectivity index (χ4n) is 3.00. The van der Waals surface area contributed by atoms with Gasteiger partial charge >= 0.3 is 11.9 Å². The summed E-state index contributed by atoms with van der Waals surface area (Å²) in [5.74, 6) is 4.54. The molecule has 4 rings (SSSR count). The van der Waals surface area contributed by atoms with Crippen LogP contribution in [-0.2, 0) is 6.18 Å². The van der Waals surface area contributed by atoms with Crippen LogP contribution in [0.25, 0.3) is 17.1 Å². The van der Waals surface area contributed by atoms with Crippen LogP contribution in [0.5, 0.6) is 0 Å². The zero-order valence-corrected chi connectivity index (χ0v) is 16.8. The topological polar surface area (TPSA) is 50.7 Å². The van der Waals surface area contributed by atoms with Crippen molar-refractivity contribution in [2.45, 2.75) is 6.18 Å². The molecule has 0 fully saturated rings. The summed E-state index contributed by atoms with van der Waals surface area (Å²) in [6.07, 6.45) is -4.50. The fourth-order valence-corrected chi connectivity index (χ4v) is 3.25. The number of halogens is 5. The lowest BCUT2D eigenvalue weighted by Gasteiger charge is -2.08. The maximum Gasteiger partial charge on any atom is 0.417 e. The summed E-state index contributed by atoms with van der Waals surface area (Å²) < 4.78 is 54.4. The molecule has 0 bridgehead atoms. The molecule has 0 aliphatic rings. The minimum Gasteiger partial charge on any atom is -0.288 e. The minimum atomic E-state index is -4.50. The zero-order valence-electron chi connectivity index (χ0n) is 16.0. The molecule has 0 unspecified atom stereocenters. The highest BCUT2D eigenvalue weighted by molar-refractivity contribution is 6.33. The van der Waals surface area contributed by atoms with E-state index < -0.39 is 23.2 Å². The molecule has 0 spiro atoms. The van der Waals surface area contributed by atoms with Gasteiger partial charge in [0.2, 0.25) is 0 Å². The standard InChI is InChI=1S/C23H12ClF4N3O/c24-18-6-3-7-19(25)20(18)21-29-22(32)31(30-21)16-12-9-14(10-13-16)8-11-15-4-1-2-5-17(15)23(26,27)28/h1-7,9-10,12-13H,(H,29,30,32). The van der Waals surface area contributed by atoms with E-state index in [1.54, 1.807) is 0 Å². The number of aromatic amines is 1. The monoisotopic (exact) mass is 457 g/mol. The lowest BCUT2D eigenvalue weighted by atomic mass is 10.1. The number of nitrogens with zero attached hydrogens (tertiary/aromatic N) is 2. The van der Waals surface area contributed by atoms with Gasteiger partial charge in [-0.15, -0.1) is 5.10 Å². The molecular weight excluding hydrogens is 446 g/mol. The number of nitrogens with one attached hydrogen (secondary N) is 1. The number of hydrogen-bond acceptors (Lipinski definition) is 2. The third-order valence-corrected chi connectivity index (χ3v) is 4.82. The summed E-state index contributed by atoms with van der Waals surface area (Å²) in [6.45, 7) is 0. The van der Waals surface area contributed by atoms with Crippen molar-refractivity contribution in [3.63, 3.8) is 0 Å². The molecule has 0 saturated carbocycles. The number of rotatable bonds is 2. The van der Waals surface area contributed by atoms with Crippen molar-refractivity contribution < 1.29 is 17.6 Å². The van der Waals surface area contributed by atoms with E-state index in [1.165, 1.54) is 60.7 Å². The van der Waals surface area contributed by atoms with Gasteiger partial charge in [0.05, 0.1) is 21.8 Å². The number of benzene rings is 3. The summed E-state index contributed by atoms with van der Waals surface area (Å²) in [7, 11) is 0. The Kier molecular flexibility index (Phi) is 5.59. The van der Waals surface area contributed by atoms with Gasteiger partial charge in [-0.25, -0.2) is 9.18 Å². The fraction of sp³-hybridized carbons (Fsp3) is 0.0435. The maximum absolute atomic E-state index is 14.1. The molecule has 0 amide bonds. The molecule has 9 heteroatoms. The van der Waals surface area contributed by atoms with Crippen LogP contribution in [0, 0.1) is 17.7 Å². The summed E-state index contributed by atoms with van der Waals surface area (Å²) in [5, 5.41) is 4.19. The Hall–Kier alpha value is -3.83. The first-order chi connectivity index (χ1) is 15.2. The number of H-pyrrole nitrogens is 1. The minimum absolute atomic E-state index is 0.0316. The predicted molar refractivity (Wildman–Crippen MR) is 112 cm³/mol. The molecule has 0 atom stereocenters. The van der Waals surface area contributed by atoms with E-state index in [2.05, 4.69) is 21.9 Å². The first-order valence-corrected chi connectivity index (χ1v) is 9.54. The van der Waals surface area contributed by atoms with Crippen molar-refractivity contribution >= 4 is 11.6 Å². The van der Waals surface area contributed by atoms with Crippen molar-refractivity contribution in [3.05, 3.63) is 105 Å².